The zero-order chi connectivity index (χ0) is 16.2. The predicted molar refractivity (Wildman–Crippen MR) is 88.6 cm³/mol. The number of amides is 1. The van der Waals surface area contributed by atoms with Gasteiger partial charge in [-0.2, -0.15) is 0 Å². The van der Waals surface area contributed by atoms with E-state index in [9.17, 15) is 4.79 Å². The van der Waals surface area contributed by atoms with E-state index in [0.29, 0.717) is 18.3 Å². The Kier molecular flexibility index (Phi) is 4.65. The maximum atomic E-state index is 12.5. The normalized spacial score (nSPS) is 18.0. The molecule has 0 radical (unpaired) electrons. The van der Waals surface area contributed by atoms with E-state index < -0.39 is 0 Å². The molecule has 0 bridgehead atoms. The zero-order valence-electron chi connectivity index (χ0n) is 13.7. The van der Waals surface area contributed by atoms with Crippen LogP contribution in [0, 0.1) is 19.8 Å². The summed E-state index contributed by atoms with van der Waals surface area (Å²) in [6.07, 6.45) is 3.79. The number of aromatic amines is 1. The quantitative estimate of drug-likeness (QED) is 0.944. The van der Waals surface area contributed by atoms with Crippen LogP contribution in [0.2, 0.25) is 0 Å². The second-order valence-corrected chi connectivity index (χ2v) is 6.25. The van der Waals surface area contributed by atoms with Gasteiger partial charge in [0.15, 0.2) is 5.82 Å². The molecule has 0 aliphatic carbocycles. The molecule has 0 spiro atoms. The maximum Gasteiger partial charge on any atom is 0.289 e. The van der Waals surface area contributed by atoms with Crippen molar-refractivity contribution in [2.75, 3.05) is 19.7 Å². The summed E-state index contributed by atoms with van der Waals surface area (Å²) in [5.41, 5.74) is 2.05. The summed E-state index contributed by atoms with van der Waals surface area (Å²) < 4.78 is 5.95. The topological polar surface area (TPSA) is 58.2 Å². The number of aromatic nitrogens is 2. The van der Waals surface area contributed by atoms with Crippen LogP contribution in [0.4, 0.5) is 0 Å². The number of nitrogens with one attached hydrogen (secondary N) is 1. The van der Waals surface area contributed by atoms with Gasteiger partial charge >= 0.3 is 0 Å². The summed E-state index contributed by atoms with van der Waals surface area (Å²) in [5.74, 6) is 1.71. The van der Waals surface area contributed by atoms with Crippen LogP contribution in [-0.2, 0) is 0 Å². The summed E-state index contributed by atoms with van der Waals surface area (Å²) in [5, 5.41) is 0. The van der Waals surface area contributed by atoms with Crippen molar-refractivity contribution in [1.82, 2.24) is 14.9 Å². The Labute approximate surface area is 136 Å². The van der Waals surface area contributed by atoms with E-state index in [4.69, 9.17) is 4.74 Å². The highest BCUT2D eigenvalue weighted by Crippen LogP contribution is 2.21. The van der Waals surface area contributed by atoms with Gasteiger partial charge in [-0.05, 0) is 38.3 Å². The molecule has 1 aliphatic rings. The third-order valence-corrected chi connectivity index (χ3v) is 4.28. The van der Waals surface area contributed by atoms with Crippen LogP contribution in [0.1, 0.15) is 34.7 Å². The lowest BCUT2D eigenvalue weighted by Gasteiger charge is -2.32. The molecular weight excluding hydrogens is 290 g/mol. The SMILES string of the molecule is Cc1cnc(C(=O)N2CCCC(COc3ccccc3C)C2)[nH]1. The first kappa shape index (κ1) is 15.6. The highest BCUT2D eigenvalue weighted by Gasteiger charge is 2.26. The molecule has 2 heterocycles. The number of ether oxygens (including phenoxy) is 1. The van der Waals surface area contributed by atoms with Gasteiger partial charge in [0.2, 0.25) is 0 Å². The number of imidazole rings is 1. The molecule has 1 aromatic heterocycles. The Morgan fingerprint density at radius 1 is 1.39 bits per heavy atom. The van der Waals surface area contributed by atoms with Gasteiger partial charge in [0.1, 0.15) is 5.75 Å². The van der Waals surface area contributed by atoms with Crippen LogP contribution in [-0.4, -0.2) is 40.5 Å². The number of H-pyrrole nitrogens is 1. The molecule has 122 valence electrons. The minimum absolute atomic E-state index is 0.0151. The monoisotopic (exact) mass is 313 g/mol. The molecule has 5 heteroatoms. The van der Waals surface area contributed by atoms with E-state index in [-0.39, 0.29) is 5.91 Å². The van der Waals surface area contributed by atoms with Gasteiger partial charge in [0, 0.05) is 30.9 Å². The van der Waals surface area contributed by atoms with Crippen molar-refractivity contribution < 1.29 is 9.53 Å². The van der Waals surface area contributed by atoms with Crippen LogP contribution in [0.15, 0.2) is 30.5 Å². The summed E-state index contributed by atoms with van der Waals surface area (Å²) >= 11 is 0. The molecule has 1 unspecified atom stereocenters. The number of para-hydroxylation sites is 1. The Hall–Kier alpha value is -2.30. The molecule has 0 saturated carbocycles. The first-order chi connectivity index (χ1) is 11.1. The molecule has 5 nitrogen and oxygen atoms in total. The number of rotatable bonds is 4. The predicted octanol–water partition coefficient (Wildman–Crippen LogP) is 2.96. The number of piperidine rings is 1. The standard InChI is InChI=1S/C18H23N3O2/c1-13-6-3-4-8-16(13)23-12-15-7-5-9-21(11-15)18(22)17-19-10-14(2)20-17/h3-4,6,8,10,15H,5,7,9,11-12H2,1-2H3,(H,19,20). The van der Waals surface area contributed by atoms with E-state index >= 15 is 0 Å². The highest BCUT2D eigenvalue weighted by atomic mass is 16.5. The zero-order valence-corrected chi connectivity index (χ0v) is 13.7. The second-order valence-electron chi connectivity index (χ2n) is 6.25. The molecule has 1 atom stereocenters. The molecular formula is C18H23N3O2. The fraction of sp³-hybridized carbons (Fsp3) is 0.444. The average molecular weight is 313 g/mol. The molecule has 1 aromatic carbocycles. The molecule has 1 fully saturated rings. The van der Waals surface area contributed by atoms with Gasteiger partial charge < -0.3 is 14.6 Å². The van der Waals surface area contributed by atoms with E-state index in [1.165, 1.54) is 0 Å². The third kappa shape index (κ3) is 3.73. The third-order valence-electron chi connectivity index (χ3n) is 4.28. The fourth-order valence-corrected chi connectivity index (χ4v) is 2.98. The lowest BCUT2D eigenvalue weighted by Crippen LogP contribution is -2.42. The summed E-state index contributed by atoms with van der Waals surface area (Å²) in [6, 6.07) is 8.03. The summed E-state index contributed by atoms with van der Waals surface area (Å²) in [4.78, 5) is 21.5. The van der Waals surface area contributed by atoms with Gasteiger partial charge in [0.25, 0.3) is 5.91 Å². The molecule has 1 N–H and O–H groups in total. The molecule has 1 amide bonds. The smallest absolute Gasteiger partial charge is 0.289 e. The van der Waals surface area contributed by atoms with Crippen molar-refractivity contribution in [2.45, 2.75) is 26.7 Å². The van der Waals surface area contributed by atoms with Gasteiger partial charge in [-0.15, -0.1) is 0 Å². The lowest BCUT2D eigenvalue weighted by atomic mass is 9.99. The highest BCUT2D eigenvalue weighted by molar-refractivity contribution is 5.90. The molecule has 23 heavy (non-hydrogen) atoms. The number of hydrogen-bond donors (Lipinski definition) is 1. The molecule has 3 rings (SSSR count). The van der Waals surface area contributed by atoms with Crippen molar-refractivity contribution >= 4 is 5.91 Å². The fourth-order valence-electron chi connectivity index (χ4n) is 2.98. The van der Waals surface area contributed by atoms with E-state index in [2.05, 4.69) is 9.97 Å². The second kappa shape index (κ2) is 6.86. The minimum atomic E-state index is -0.0151. The number of carbonyl (C=O) groups is 1. The first-order valence-electron chi connectivity index (χ1n) is 8.13. The molecule has 1 saturated heterocycles. The number of aryl methyl sites for hydroxylation is 2. The number of likely N-dealkylation sites (tertiary alicyclic amines) is 1. The van der Waals surface area contributed by atoms with Crippen LogP contribution >= 0.6 is 0 Å². The van der Waals surface area contributed by atoms with Gasteiger partial charge in [-0.1, -0.05) is 18.2 Å². The largest absolute Gasteiger partial charge is 0.493 e. The Morgan fingerprint density at radius 2 is 2.22 bits per heavy atom. The average Bonchev–Trinajstić information content (AvgIpc) is 3.00. The molecule has 1 aliphatic heterocycles. The van der Waals surface area contributed by atoms with Gasteiger partial charge in [-0.3, -0.25) is 4.79 Å². The van der Waals surface area contributed by atoms with Crippen LogP contribution in [0.25, 0.3) is 0 Å². The molecule has 2 aromatic rings. The summed E-state index contributed by atoms with van der Waals surface area (Å²) in [6.45, 7) is 6.11. The van der Waals surface area contributed by atoms with E-state index in [1.807, 2.05) is 43.0 Å². The Balaban J connectivity index is 1.58. The van der Waals surface area contributed by atoms with Crippen molar-refractivity contribution in [3.63, 3.8) is 0 Å². The Bertz CT molecular complexity index is 680. The Morgan fingerprint density at radius 3 is 2.96 bits per heavy atom. The van der Waals surface area contributed by atoms with Crippen molar-refractivity contribution in [3.8, 4) is 5.75 Å². The first-order valence-corrected chi connectivity index (χ1v) is 8.13. The number of hydrogen-bond acceptors (Lipinski definition) is 3. The number of benzene rings is 1. The van der Waals surface area contributed by atoms with Gasteiger partial charge in [-0.25, -0.2) is 4.98 Å². The summed E-state index contributed by atoms with van der Waals surface area (Å²) in [7, 11) is 0. The van der Waals surface area contributed by atoms with Gasteiger partial charge in [0.05, 0.1) is 6.61 Å². The number of nitrogens with zero attached hydrogens (tertiary/aromatic N) is 2. The van der Waals surface area contributed by atoms with Crippen LogP contribution in [0.3, 0.4) is 0 Å². The van der Waals surface area contributed by atoms with E-state index in [0.717, 1.165) is 42.9 Å². The van der Waals surface area contributed by atoms with Crippen LogP contribution < -0.4 is 4.74 Å². The van der Waals surface area contributed by atoms with Crippen molar-refractivity contribution in [3.05, 3.63) is 47.5 Å². The maximum absolute atomic E-state index is 12.5. The van der Waals surface area contributed by atoms with E-state index in [1.54, 1.807) is 6.20 Å². The minimum Gasteiger partial charge on any atom is -0.493 e. The van der Waals surface area contributed by atoms with Crippen LogP contribution in [0.5, 0.6) is 5.75 Å². The number of carbonyl (C=O) groups excluding carboxylic acids is 1. The van der Waals surface area contributed by atoms with Crippen molar-refractivity contribution in [1.29, 1.82) is 0 Å². The lowest BCUT2D eigenvalue weighted by molar-refractivity contribution is 0.0622. The van der Waals surface area contributed by atoms with Crippen molar-refractivity contribution in [2.24, 2.45) is 5.92 Å².